The number of nitrogens with zero attached hydrogens (tertiary/aromatic N) is 1. The summed E-state index contributed by atoms with van der Waals surface area (Å²) >= 11 is 0. The predicted octanol–water partition coefficient (Wildman–Crippen LogP) is 0.473. The molecule has 0 saturated carbocycles. The van der Waals surface area contributed by atoms with Crippen molar-refractivity contribution in [2.45, 2.75) is 55.9 Å². The van der Waals surface area contributed by atoms with Gasteiger partial charge in [-0.3, -0.25) is 4.79 Å². The Kier molecular flexibility index (Phi) is 5.90. The number of ether oxygens (including phenoxy) is 3. The summed E-state index contributed by atoms with van der Waals surface area (Å²) in [5.74, 6) is -0.783. The summed E-state index contributed by atoms with van der Waals surface area (Å²) in [4.78, 5) is 19.0. The number of benzene rings is 1. The van der Waals surface area contributed by atoms with Gasteiger partial charge in [0.25, 0.3) is 5.91 Å². The average Bonchev–Trinajstić information content (AvgIpc) is 3.28. The van der Waals surface area contributed by atoms with Crippen LogP contribution in [0.25, 0.3) is 10.9 Å². The van der Waals surface area contributed by atoms with E-state index in [1.807, 2.05) is 23.1 Å². The minimum absolute atomic E-state index is 0.0845. The van der Waals surface area contributed by atoms with Crippen molar-refractivity contribution in [2.24, 2.45) is 11.8 Å². The summed E-state index contributed by atoms with van der Waals surface area (Å²) in [6, 6.07) is 8.01. The lowest BCUT2D eigenvalue weighted by Crippen LogP contribution is -2.60. The number of piperidine rings is 1. The fourth-order valence-corrected chi connectivity index (χ4v) is 6.13. The van der Waals surface area contributed by atoms with Crippen LogP contribution in [0.3, 0.4) is 0 Å². The monoisotopic (exact) mass is 498 g/mol. The standard InChI is InChI=1S/C26H30N2O8/c1-2-12-15-9-18-20-14(13-5-3-4-6-17(13)27-20)7-8-28(18)24(33)16(15)11-34-25(12)36-26-23(32)22(31)21(30)19(10-29)35-26/h2-6,11-12,15,18-19,21-23,25-27,29-32H,1,7-10H2/t12-,15?,18?,19-,21-,22+,23-,25?,26+/m0/s1. The zero-order chi connectivity index (χ0) is 25.1. The molecule has 36 heavy (non-hydrogen) atoms. The van der Waals surface area contributed by atoms with Crippen molar-refractivity contribution in [3.8, 4) is 0 Å². The summed E-state index contributed by atoms with van der Waals surface area (Å²) in [5.41, 5.74) is 3.89. The Morgan fingerprint density at radius 1 is 1.17 bits per heavy atom. The van der Waals surface area contributed by atoms with Crippen molar-refractivity contribution in [3.05, 3.63) is 60.0 Å². The molecule has 5 heterocycles. The van der Waals surface area contributed by atoms with E-state index >= 15 is 0 Å². The van der Waals surface area contributed by atoms with E-state index in [0.717, 1.165) is 17.6 Å². The maximum atomic E-state index is 13.5. The molecule has 6 rings (SSSR count). The van der Waals surface area contributed by atoms with E-state index in [4.69, 9.17) is 14.2 Å². The highest BCUT2D eigenvalue weighted by Crippen LogP contribution is 2.48. The van der Waals surface area contributed by atoms with Gasteiger partial charge in [0.1, 0.15) is 24.4 Å². The number of rotatable bonds is 4. The number of aromatic amines is 1. The second kappa shape index (κ2) is 8.98. The number of fused-ring (bicyclic) bond motifs is 6. The van der Waals surface area contributed by atoms with Crippen LogP contribution in [0.2, 0.25) is 0 Å². The first-order valence-corrected chi connectivity index (χ1v) is 12.3. The first-order valence-electron chi connectivity index (χ1n) is 12.3. The highest BCUT2D eigenvalue weighted by molar-refractivity contribution is 5.96. The van der Waals surface area contributed by atoms with Gasteiger partial charge in [-0.15, -0.1) is 6.58 Å². The van der Waals surface area contributed by atoms with Gasteiger partial charge in [-0.05, 0) is 24.5 Å². The maximum Gasteiger partial charge on any atom is 0.253 e. The summed E-state index contributed by atoms with van der Waals surface area (Å²) in [5, 5.41) is 41.3. The number of aliphatic hydroxyl groups is 4. The van der Waals surface area contributed by atoms with Gasteiger partial charge in [-0.2, -0.15) is 0 Å². The van der Waals surface area contributed by atoms with Crippen LogP contribution < -0.4 is 0 Å². The first kappa shape index (κ1) is 23.7. The largest absolute Gasteiger partial charge is 0.471 e. The number of carbonyl (C=O) groups excluding carboxylic acids is 1. The minimum atomic E-state index is -1.56. The predicted molar refractivity (Wildman–Crippen MR) is 126 cm³/mol. The van der Waals surface area contributed by atoms with E-state index in [1.54, 1.807) is 6.08 Å². The van der Waals surface area contributed by atoms with Crippen LogP contribution in [-0.4, -0.2) is 86.4 Å². The highest BCUT2D eigenvalue weighted by Gasteiger charge is 2.51. The topological polar surface area (TPSA) is 145 Å². The molecule has 9 atom stereocenters. The molecular weight excluding hydrogens is 468 g/mol. The quantitative estimate of drug-likeness (QED) is 0.383. The summed E-state index contributed by atoms with van der Waals surface area (Å²) in [7, 11) is 0. The Morgan fingerprint density at radius 3 is 2.75 bits per heavy atom. The number of aromatic nitrogens is 1. The molecule has 0 bridgehead atoms. The van der Waals surface area contributed by atoms with Gasteiger partial charge in [0.15, 0.2) is 6.29 Å². The molecule has 4 aliphatic heterocycles. The molecule has 5 N–H and O–H groups in total. The van der Waals surface area contributed by atoms with Gasteiger partial charge in [0.05, 0.1) is 24.5 Å². The van der Waals surface area contributed by atoms with E-state index in [2.05, 4.69) is 17.6 Å². The van der Waals surface area contributed by atoms with E-state index in [0.29, 0.717) is 18.5 Å². The van der Waals surface area contributed by atoms with Gasteiger partial charge < -0.3 is 44.5 Å². The lowest BCUT2D eigenvalue weighted by molar-refractivity contribution is -0.339. The lowest BCUT2D eigenvalue weighted by Gasteiger charge is -2.48. The van der Waals surface area contributed by atoms with Crippen molar-refractivity contribution in [3.63, 3.8) is 0 Å². The molecule has 2 saturated heterocycles. The van der Waals surface area contributed by atoms with Gasteiger partial charge in [-0.1, -0.05) is 24.3 Å². The Labute approximate surface area is 207 Å². The van der Waals surface area contributed by atoms with Crippen LogP contribution in [0.1, 0.15) is 23.7 Å². The van der Waals surface area contributed by atoms with Crippen molar-refractivity contribution >= 4 is 16.8 Å². The maximum absolute atomic E-state index is 13.5. The molecule has 1 amide bonds. The first-order chi connectivity index (χ1) is 17.4. The molecule has 0 spiro atoms. The van der Waals surface area contributed by atoms with Gasteiger partial charge in [0, 0.05) is 35.0 Å². The molecule has 10 heteroatoms. The van der Waals surface area contributed by atoms with Gasteiger partial charge in [0.2, 0.25) is 6.29 Å². The number of carbonyl (C=O) groups is 1. The fourth-order valence-electron chi connectivity index (χ4n) is 6.13. The summed E-state index contributed by atoms with van der Waals surface area (Å²) in [6.45, 7) is 4.01. The summed E-state index contributed by atoms with van der Waals surface area (Å²) in [6.07, 6.45) is -3.53. The highest BCUT2D eigenvalue weighted by atomic mass is 16.8. The number of hydrogen-bond donors (Lipinski definition) is 5. The Balaban J connectivity index is 1.28. The second-order valence-electron chi connectivity index (χ2n) is 9.89. The molecule has 10 nitrogen and oxygen atoms in total. The van der Waals surface area contributed by atoms with E-state index in [-0.39, 0.29) is 17.9 Å². The third-order valence-electron chi connectivity index (χ3n) is 8.04. The third kappa shape index (κ3) is 3.52. The third-order valence-corrected chi connectivity index (χ3v) is 8.04. The molecule has 2 fully saturated rings. The molecule has 0 radical (unpaired) electrons. The summed E-state index contributed by atoms with van der Waals surface area (Å²) < 4.78 is 17.2. The van der Waals surface area contributed by atoms with Crippen LogP contribution in [0.5, 0.6) is 0 Å². The minimum Gasteiger partial charge on any atom is -0.471 e. The van der Waals surface area contributed by atoms with Crippen molar-refractivity contribution in [2.75, 3.05) is 13.2 Å². The number of amides is 1. The fraction of sp³-hybridized carbons (Fsp3) is 0.500. The number of nitrogens with one attached hydrogen (secondary N) is 1. The van der Waals surface area contributed by atoms with E-state index < -0.39 is 49.5 Å². The Hall–Kier alpha value is -2.73. The van der Waals surface area contributed by atoms with Crippen LogP contribution >= 0.6 is 0 Å². The Bertz CT molecular complexity index is 1210. The van der Waals surface area contributed by atoms with Crippen LogP contribution in [0.4, 0.5) is 0 Å². The molecule has 1 aromatic heterocycles. The van der Waals surface area contributed by atoms with Crippen molar-refractivity contribution in [1.29, 1.82) is 0 Å². The average molecular weight is 499 g/mol. The molecule has 0 aliphatic carbocycles. The lowest BCUT2D eigenvalue weighted by atomic mass is 9.74. The van der Waals surface area contributed by atoms with Crippen LogP contribution in [0, 0.1) is 11.8 Å². The molecule has 2 aromatic rings. The second-order valence-corrected chi connectivity index (χ2v) is 9.89. The SMILES string of the molecule is C=C[C@@H]1C(O[C@H]2O[C@@H](CO)[C@H](O)[C@@H](O)[C@@H]2O)OC=C2C(=O)N3CCc4c([nH]c5ccccc45)C3CC21. The number of aliphatic hydroxyl groups excluding tert-OH is 4. The van der Waals surface area contributed by atoms with Crippen molar-refractivity contribution in [1.82, 2.24) is 9.88 Å². The molecule has 192 valence electrons. The van der Waals surface area contributed by atoms with Crippen LogP contribution in [-0.2, 0) is 25.4 Å². The number of hydrogen-bond acceptors (Lipinski definition) is 8. The van der Waals surface area contributed by atoms with Crippen LogP contribution in [0.15, 0.2) is 48.8 Å². The molecule has 3 unspecified atom stereocenters. The van der Waals surface area contributed by atoms with Gasteiger partial charge in [-0.25, -0.2) is 0 Å². The number of H-pyrrole nitrogens is 1. The van der Waals surface area contributed by atoms with Crippen molar-refractivity contribution < 1.29 is 39.4 Å². The van der Waals surface area contributed by atoms with E-state index in [9.17, 15) is 25.2 Å². The smallest absolute Gasteiger partial charge is 0.253 e. The zero-order valence-corrected chi connectivity index (χ0v) is 19.6. The molecular formula is C26H30N2O8. The Morgan fingerprint density at radius 2 is 1.97 bits per heavy atom. The number of para-hydroxylation sites is 1. The normalized spacial score (nSPS) is 38.0. The zero-order valence-electron chi connectivity index (χ0n) is 19.6. The molecule has 1 aromatic carbocycles. The van der Waals surface area contributed by atoms with E-state index in [1.165, 1.54) is 17.2 Å². The van der Waals surface area contributed by atoms with Gasteiger partial charge >= 0.3 is 0 Å². The molecule has 4 aliphatic rings.